The minimum Gasteiger partial charge on any atom is -0.388 e. The average Bonchev–Trinajstić information content (AvgIpc) is 3.45. The van der Waals surface area contributed by atoms with Gasteiger partial charge in [-0.05, 0) is 85.6 Å². The highest BCUT2D eigenvalue weighted by Crippen LogP contribution is 2.48. The van der Waals surface area contributed by atoms with E-state index in [1.165, 1.54) is 30.5 Å². The number of hydrogen-bond acceptors (Lipinski definition) is 2. The first kappa shape index (κ1) is 17.8. The first-order valence-corrected chi connectivity index (χ1v) is 10.2. The summed E-state index contributed by atoms with van der Waals surface area (Å²) in [4.78, 5) is 4.26. The van der Waals surface area contributed by atoms with Crippen molar-refractivity contribution in [2.45, 2.75) is 56.5 Å². The average molecular weight is 382 g/mol. The molecule has 1 N–H and O–H groups in total. The number of hydrogen-bond donors (Lipinski definition) is 1. The number of nitrogens with zero attached hydrogens (tertiary/aromatic N) is 2. The van der Waals surface area contributed by atoms with Crippen LogP contribution in [0.2, 0.25) is 0 Å². The van der Waals surface area contributed by atoms with Crippen LogP contribution in [0.25, 0.3) is 5.52 Å². The van der Waals surface area contributed by atoms with Crippen LogP contribution in [0.3, 0.4) is 0 Å². The van der Waals surface area contributed by atoms with Crippen LogP contribution in [0.4, 0.5) is 8.78 Å². The molecule has 2 saturated carbocycles. The Morgan fingerprint density at radius 2 is 1.71 bits per heavy atom. The van der Waals surface area contributed by atoms with Gasteiger partial charge in [-0.2, -0.15) is 0 Å². The minimum atomic E-state index is -0.797. The topological polar surface area (TPSA) is 37.5 Å². The number of halogens is 2. The van der Waals surface area contributed by atoms with Gasteiger partial charge in [0.25, 0.3) is 0 Å². The van der Waals surface area contributed by atoms with Crippen LogP contribution >= 0.6 is 0 Å². The molecule has 5 heteroatoms. The fraction of sp³-hybridized carbons (Fsp3) is 0.435. The van der Waals surface area contributed by atoms with Crippen LogP contribution < -0.4 is 0 Å². The largest absolute Gasteiger partial charge is 0.388 e. The summed E-state index contributed by atoms with van der Waals surface area (Å²) in [6.07, 6.45) is 11.0. The second-order valence-corrected chi connectivity index (χ2v) is 8.38. The van der Waals surface area contributed by atoms with E-state index in [0.29, 0.717) is 5.92 Å². The molecule has 1 atom stereocenters. The Morgan fingerprint density at radius 3 is 2.43 bits per heavy atom. The molecule has 0 bridgehead atoms. The summed E-state index contributed by atoms with van der Waals surface area (Å²) in [7, 11) is 0. The van der Waals surface area contributed by atoms with Gasteiger partial charge in [0.15, 0.2) is 11.6 Å². The second kappa shape index (κ2) is 6.96. The summed E-state index contributed by atoms with van der Waals surface area (Å²) in [6.45, 7) is 0. The molecule has 5 rings (SSSR count). The van der Waals surface area contributed by atoms with Gasteiger partial charge in [-0.25, -0.2) is 13.8 Å². The molecule has 2 aliphatic carbocycles. The van der Waals surface area contributed by atoms with Gasteiger partial charge in [0.05, 0.1) is 24.1 Å². The fourth-order valence-electron chi connectivity index (χ4n) is 4.87. The number of pyridine rings is 1. The molecule has 0 aliphatic heterocycles. The number of rotatable bonds is 4. The Bertz CT molecular complexity index is 1000. The summed E-state index contributed by atoms with van der Waals surface area (Å²) in [6, 6.07) is 6.37. The zero-order valence-corrected chi connectivity index (χ0v) is 15.7. The lowest BCUT2D eigenvalue weighted by Gasteiger charge is -2.33. The van der Waals surface area contributed by atoms with Crippen LogP contribution in [0.5, 0.6) is 0 Å². The van der Waals surface area contributed by atoms with Crippen molar-refractivity contribution in [2.24, 2.45) is 5.92 Å². The molecule has 3 nitrogen and oxygen atoms in total. The third kappa shape index (κ3) is 3.12. The first-order valence-electron chi connectivity index (χ1n) is 10.2. The number of benzene rings is 1. The monoisotopic (exact) mass is 382 g/mol. The van der Waals surface area contributed by atoms with E-state index in [1.54, 1.807) is 12.4 Å². The van der Waals surface area contributed by atoms with Crippen molar-refractivity contribution in [3.63, 3.8) is 0 Å². The summed E-state index contributed by atoms with van der Waals surface area (Å²) in [5.41, 5.74) is 4.17. The number of imidazole rings is 1. The standard InChI is InChI=1S/C23H24F2N2O/c24-19-8-7-17(11-20(19)25)14-1-5-16(6-2-14)23(28)22-18(15-3-4-15)9-10-27-13-26-12-21(22)27/h7-16,23,28H,1-6H2/t14-,16-,23-/m1/s1. The van der Waals surface area contributed by atoms with E-state index in [9.17, 15) is 13.9 Å². The highest BCUT2D eigenvalue weighted by Gasteiger charge is 2.34. The van der Waals surface area contributed by atoms with E-state index in [2.05, 4.69) is 11.1 Å². The zero-order valence-electron chi connectivity index (χ0n) is 15.7. The number of fused-ring (bicyclic) bond motifs is 1. The Hall–Kier alpha value is -2.27. The van der Waals surface area contributed by atoms with Crippen molar-refractivity contribution in [1.29, 1.82) is 0 Å². The van der Waals surface area contributed by atoms with Crippen molar-refractivity contribution >= 4 is 5.52 Å². The van der Waals surface area contributed by atoms with Gasteiger partial charge in [-0.1, -0.05) is 6.07 Å². The maximum absolute atomic E-state index is 13.6. The van der Waals surface area contributed by atoms with Crippen LogP contribution in [-0.4, -0.2) is 14.5 Å². The fourth-order valence-corrected chi connectivity index (χ4v) is 4.87. The van der Waals surface area contributed by atoms with Crippen molar-refractivity contribution in [3.05, 3.63) is 71.3 Å². The number of aliphatic hydroxyl groups is 1. The van der Waals surface area contributed by atoms with Crippen LogP contribution in [0.15, 0.2) is 43.0 Å². The summed E-state index contributed by atoms with van der Waals surface area (Å²) < 4.78 is 28.8. The number of aliphatic hydroxyl groups excluding tert-OH is 1. The van der Waals surface area contributed by atoms with E-state index >= 15 is 0 Å². The molecule has 2 heterocycles. The molecule has 1 aromatic carbocycles. The van der Waals surface area contributed by atoms with Crippen molar-refractivity contribution < 1.29 is 13.9 Å². The third-order valence-electron chi connectivity index (χ3n) is 6.61. The molecule has 0 radical (unpaired) electrons. The van der Waals surface area contributed by atoms with Crippen molar-refractivity contribution in [3.8, 4) is 0 Å². The smallest absolute Gasteiger partial charge is 0.159 e. The maximum atomic E-state index is 13.6. The normalized spacial score (nSPS) is 23.8. The molecule has 146 valence electrons. The quantitative estimate of drug-likeness (QED) is 0.647. The molecule has 28 heavy (non-hydrogen) atoms. The summed E-state index contributed by atoms with van der Waals surface area (Å²) >= 11 is 0. The Kier molecular flexibility index (Phi) is 4.43. The van der Waals surface area contributed by atoms with Gasteiger partial charge < -0.3 is 9.51 Å². The molecule has 0 spiro atoms. The Morgan fingerprint density at radius 1 is 0.964 bits per heavy atom. The lowest BCUT2D eigenvalue weighted by molar-refractivity contribution is 0.0810. The highest BCUT2D eigenvalue weighted by molar-refractivity contribution is 5.59. The Balaban J connectivity index is 1.37. The van der Waals surface area contributed by atoms with Gasteiger partial charge in [-0.3, -0.25) is 0 Å². The van der Waals surface area contributed by atoms with Crippen molar-refractivity contribution in [2.75, 3.05) is 0 Å². The molecule has 0 saturated heterocycles. The molecule has 0 amide bonds. The van der Waals surface area contributed by atoms with Crippen LogP contribution in [0, 0.1) is 17.6 Å². The van der Waals surface area contributed by atoms with Crippen LogP contribution in [-0.2, 0) is 0 Å². The predicted octanol–water partition coefficient (Wildman–Crippen LogP) is 5.50. The third-order valence-corrected chi connectivity index (χ3v) is 6.61. The van der Waals surface area contributed by atoms with E-state index in [1.807, 2.05) is 16.8 Å². The zero-order chi connectivity index (χ0) is 19.3. The van der Waals surface area contributed by atoms with Gasteiger partial charge >= 0.3 is 0 Å². The molecule has 2 aliphatic rings. The van der Waals surface area contributed by atoms with Gasteiger partial charge in [0.1, 0.15) is 0 Å². The molecule has 2 aromatic heterocycles. The van der Waals surface area contributed by atoms with E-state index in [-0.39, 0.29) is 11.8 Å². The number of aromatic nitrogens is 2. The molecule has 3 aromatic rings. The highest BCUT2D eigenvalue weighted by atomic mass is 19.2. The minimum absolute atomic E-state index is 0.181. The van der Waals surface area contributed by atoms with Crippen molar-refractivity contribution in [1.82, 2.24) is 9.38 Å². The molecule has 0 unspecified atom stereocenters. The summed E-state index contributed by atoms with van der Waals surface area (Å²) in [5, 5.41) is 11.3. The van der Waals surface area contributed by atoms with Gasteiger partial charge in [-0.15, -0.1) is 0 Å². The van der Waals surface area contributed by atoms with Crippen LogP contribution in [0.1, 0.15) is 73.2 Å². The molecular weight excluding hydrogens is 358 g/mol. The van der Waals surface area contributed by atoms with Gasteiger partial charge in [0.2, 0.25) is 0 Å². The predicted molar refractivity (Wildman–Crippen MR) is 103 cm³/mol. The maximum Gasteiger partial charge on any atom is 0.159 e. The van der Waals surface area contributed by atoms with E-state index in [0.717, 1.165) is 42.3 Å². The SMILES string of the molecule is O[C@@H](c1c(C2CC2)ccn2cncc12)[C@H]1CC[C@H](c2ccc(F)c(F)c2)CC1. The second-order valence-electron chi connectivity index (χ2n) is 8.38. The lowest BCUT2D eigenvalue weighted by Crippen LogP contribution is -2.21. The molecular formula is C23H24F2N2O. The summed E-state index contributed by atoms with van der Waals surface area (Å²) in [5.74, 6) is -0.606. The van der Waals surface area contributed by atoms with Gasteiger partial charge in [0, 0.05) is 11.8 Å². The van der Waals surface area contributed by atoms with E-state index < -0.39 is 17.7 Å². The molecule has 2 fully saturated rings. The Labute approximate surface area is 163 Å². The first-order chi connectivity index (χ1) is 13.6. The lowest BCUT2D eigenvalue weighted by atomic mass is 9.75. The van der Waals surface area contributed by atoms with E-state index in [4.69, 9.17) is 0 Å².